The van der Waals surface area contributed by atoms with Gasteiger partial charge in [0.05, 0.1) is 28.5 Å². The third kappa shape index (κ3) is 2.30. The van der Waals surface area contributed by atoms with Crippen molar-refractivity contribution in [2.75, 3.05) is 0 Å². The Kier molecular flexibility index (Phi) is 3.45. The molecule has 6 atom stereocenters. The van der Waals surface area contributed by atoms with Gasteiger partial charge in [-0.15, -0.1) is 0 Å². The molecule has 1 aliphatic heterocycles. The Labute approximate surface area is 171 Å². The molecule has 1 saturated heterocycles. The molecule has 3 fully saturated rings. The van der Waals surface area contributed by atoms with Crippen LogP contribution in [0.2, 0.25) is 0 Å². The molecule has 0 unspecified atom stereocenters. The summed E-state index contributed by atoms with van der Waals surface area (Å²) >= 11 is 0. The van der Waals surface area contributed by atoms with Gasteiger partial charge in [-0.1, -0.05) is 24.3 Å². The first-order valence-corrected chi connectivity index (χ1v) is 9.98. The number of hydrazone groups is 1. The predicted octanol–water partition coefficient (Wildman–Crippen LogP) is 3.24. The fourth-order valence-corrected chi connectivity index (χ4v) is 5.58. The van der Waals surface area contributed by atoms with Crippen molar-refractivity contribution in [2.24, 2.45) is 40.6 Å². The van der Waals surface area contributed by atoms with Crippen molar-refractivity contribution in [3.05, 3.63) is 64.4 Å². The van der Waals surface area contributed by atoms with Crippen LogP contribution in [0, 0.1) is 45.6 Å². The van der Waals surface area contributed by atoms with Gasteiger partial charge in [-0.3, -0.25) is 19.7 Å². The van der Waals surface area contributed by atoms with Gasteiger partial charge >= 0.3 is 0 Å². The van der Waals surface area contributed by atoms with Crippen molar-refractivity contribution in [1.82, 2.24) is 5.01 Å². The van der Waals surface area contributed by atoms with E-state index in [0.29, 0.717) is 28.9 Å². The van der Waals surface area contributed by atoms with Gasteiger partial charge in [-0.2, -0.15) is 10.1 Å². The normalized spacial score (nSPS) is 33.3. The third-order valence-corrected chi connectivity index (χ3v) is 6.93. The largest absolute Gasteiger partial charge is 0.455 e. The number of imide groups is 1. The molecule has 2 aromatic rings. The maximum absolute atomic E-state index is 12.9. The number of allylic oxidation sites excluding steroid dienone is 2. The van der Waals surface area contributed by atoms with E-state index < -0.39 is 4.92 Å². The molecule has 1 aromatic carbocycles. The number of benzene rings is 1. The van der Waals surface area contributed by atoms with E-state index in [2.05, 4.69) is 17.3 Å². The van der Waals surface area contributed by atoms with Crippen molar-refractivity contribution in [3.8, 4) is 11.3 Å². The molecule has 2 amide bonds. The van der Waals surface area contributed by atoms with Crippen LogP contribution in [0.4, 0.5) is 5.69 Å². The third-order valence-electron chi connectivity index (χ3n) is 6.93. The highest BCUT2D eigenvalue weighted by Crippen LogP contribution is 2.65. The summed E-state index contributed by atoms with van der Waals surface area (Å²) in [5.41, 5.74) is 0.286. The lowest BCUT2D eigenvalue weighted by Crippen LogP contribution is -2.40. The molecule has 0 radical (unpaired) electrons. The number of carbonyl (C=O) groups is 2. The molecule has 8 nitrogen and oxygen atoms in total. The highest BCUT2D eigenvalue weighted by Gasteiger charge is 2.67. The van der Waals surface area contributed by atoms with Gasteiger partial charge in [0.2, 0.25) is 0 Å². The Balaban J connectivity index is 1.26. The van der Waals surface area contributed by atoms with Crippen molar-refractivity contribution in [3.63, 3.8) is 0 Å². The number of hydrogen-bond donors (Lipinski definition) is 0. The van der Waals surface area contributed by atoms with Gasteiger partial charge in [0, 0.05) is 6.07 Å². The number of hydrogen-bond acceptors (Lipinski definition) is 6. The monoisotopic (exact) mass is 403 g/mol. The minimum Gasteiger partial charge on any atom is -0.455 e. The van der Waals surface area contributed by atoms with E-state index in [1.54, 1.807) is 30.3 Å². The number of nitro benzene ring substituents is 1. The minimum atomic E-state index is -0.470. The number of nitro groups is 1. The zero-order valence-electron chi connectivity index (χ0n) is 15.8. The molecule has 2 saturated carbocycles. The second-order valence-electron chi connectivity index (χ2n) is 8.36. The average molecular weight is 403 g/mol. The van der Waals surface area contributed by atoms with E-state index in [0.717, 1.165) is 11.4 Å². The van der Waals surface area contributed by atoms with Crippen LogP contribution in [0.25, 0.3) is 11.3 Å². The summed E-state index contributed by atoms with van der Waals surface area (Å²) < 4.78 is 5.67. The Morgan fingerprint density at radius 1 is 1.03 bits per heavy atom. The molecule has 7 rings (SSSR count). The number of furan rings is 1. The lowest BCUT2D eigenvalue weighted by atomic mass is 9.63. The fourth-order valence-electron chi connectivity index (χ4n) is 5.58. The van der Waals surface area contributed by atoms with Gasteiger partial charge in [0.15, 0.2) is 0 Å². The lowest BCUT2D eigenvalue weighted by Gasteiger charge is -2.37. The Hall–Kier alpha value is -3.55. The van der Waals surface area contributed by atoms with E-state index in [1.807, 2.05) is 0 Å². The molecule has 30 heavy (non-hydrogen) atoms. The molecular weight excluding hydrogens is 386 g/mol. The molecule has 4 aliphatic carbocycles. The van der Waals surface area contributed by atoms with E-state index >= 15 is 0 Å². The number of nitrogens with zero attached hydrogens (tertiary/aromatic N) is 3. The van der Waals surface area contributed by atoms with E-state index in [4.69, 9.17) is 4.42 Å². The van der Waals surface area contributed by atoms with Gasteiger partial charge in [0.1, 0.15) is 11.5 Å². The van der Waals surface area contributed by atoms with E-state index in [-0.39, 0.29) is 41.2 Å². The van der Waals surface area contributed by atoms with Gasteiger partial charge < -0.3 is 4.42 Å². The van der Waals surface area contributed by atoms with Crippen LogP contribution < -0.4 is 0 Å². The summed E-state index contributed by atoms with van der Waals surface area (Å²) in [7, 11) is 0. The molecule has 1 aromatic heterocycles. The first kappa shape index (κ1) is 17.3. The number of amides is 2. The highest BCUT2D eigenvalue weighted by atomic mass is 16.6. The molecule has 0 N–H and O–H groups in total. The quantitative estimate of drug-likeness (QED) is 0.256. The molecule has 2 heterocycles. The van der Waals surface area contributed by atoms with Crippen LogP contribution in [0.1, 0.15) is 12.2 Å². The van der Waals surface area contributed by atoms with Gasteiger partial charge in [-0.25, -0.2) is 0 Å². The second-order valence-corrected chi connectivity index (χ2v) is 8.36. The van der Waals surface area contributed by atoms with Crippen molar-refractivity contribution in [2.45, 2.75) is 6.42 Å². The molecular formula is C22H17N3O5. The highest BCUT2D eigenvalue weighted by molar-refractivity contribution is 6.06. The zero-order chi connectivity index (χ0) is 20.6. The Morgan fingerprint density at radius 3 is 2.37 bits per heavy atom. The van der Waals surface area contributed by atoms with Crippen LogP contribution in [0.15, 0.2) is 58.1 Å². The Morgan fingerprint density at radius 2 is 1.70 bits per heavy atom. The topological polar surface area (TPSA) is 106 Å². The smallest absolute Gasteiger partial charge is 0.280 e. The maximum atomic E-state index is 12.9. The van der Waals surface area contributed by atoms with Crippen molar-refractivity contribution in [1.29, 1.82) is 0 Å². The van der Waals surface area contributed by atoms with E-state index in [1.165, 1.54) is 12.3 Å². The summed E-state index contributed by atoms with van der Waals surface area (Å²) in [6, 6.07) is 9.49. The summed E-state index contributed by atoms with van der Waals surface area (Å²) in [5, 5.41) is 16.4. The second kappa shape index (κ2) is 5.98. The first-order chi connectivity index (χ1) is 14.5. The van der Waals surface area contributed by atoms with Gasteiger partial charge in [-0.05, 0) is 48.3 Å². The van der Waals surface area contributed by atoms with Crippen LogP contribution in [-0.4, -0.2) is 28.0 Å². The average Bonchev–Trinajstić information content (AvgIpc) is 3.39. The predicted molar refractivity (Wildman–Crippen MR) is 105 cm³/mol. The van der Waals surface area contributed by atoms with Crippen LogP contribution in [0.5, 0.6) is 0 Å². The van der Waals surface area contributed by atoms with Crippen LogP contribution in [0.3, 0.4) is 0 Å². The molecule has 8 heteroatoms. The standard InChI is InChI=1S/C22H17N3O5/c26-21-19-12-6-7-13(16-9-15(12)16)20(19)22(27)24(21)23-10-11-5-8-18(30-11)14-3-1-2-4-17(14)25(28)29/h1-8,10,12-13,15-16,19-20H,9H2/b23-10-/t12-,13-,15-,16+,19+,20+/m1/s1. The molecule has 0 spiro atoms. The molecule has 150 valence electrons. The fraction of sp³-hybridized carbons (Fsp3) is 0.318. The molecule has 5 aliphatic rings. The van der Waals surface area contributed by atoms with Gasteiger partial charge in [0.25, 0.3) is 17.5 Å². The zero-order valence-corrected chi connectivity index (χ0v) is 15.8. The minimum absolute atomic E-state index is 0.0640. The van der Waals surface area contributed by atoms with Crippen molar-refractivity contribution >= 4 is 23.7 Å². The summed E-state index contributed by atoms with van der Waals surface area (Å²) in [5.74, 6) is 0.924. The molecule has 2 bridgehead atoms. The number of para-hydroxylation sites is 1. The lowest BCUT2D eigenvalue weighted by molar-refractivity contribution is -0.384. The first-order valence-electron chi connectivity index (χ1n) is 9.98. The number of carbonyl (C=O) groups excluding carboxylic acids is 2. The van der Waals surface area contributed by atoms with E-state index in [9.17, 15) is 19.7 Å². The maximum Gasteiger partial charge on any atom is 0.280 e. The summed E-state index contributed by atoms with van der Waals surface area (Å²) in [6.45, 7) is 0. The summed E-state index contributed by atoms with van der Waals surface area (Å²) in [6.07, 6.45) is 6.66. The van der Waals surface area contributed by atoms with Crippen molar-refractivity contribution < 1.29 is 18.9 Å². The van der Waals surface area contributed by atoms with Crippen LogP contribution in [-0.2, 0) is 9.59 Å². The number of rotatable bonds is 4. The SMILES string of the molecule is O=C1[C@H]2[C@@H]3C=C[C@H]([C@@H]4C[C@H]34)[C@@H]2C(=O)N1/N=C\c1ccc(-c2ccccc2[N+](=O)[O-])o1. The summed E-state index contributed by atoms with van der Waals surface area (Å²) in [4.78, 5) is 36.6. The Bertz CT molecular complexity index is 1130. The van der Waals surface area contributed by atoms with Crippen LogP contribution >= 0.6 is 0 Å².